The molecule has 1 saturated heterocycles. The van der Waals surface area contributed by atoms with Gasteiger partial charge in [0.15, 0.2) is 0 Å². The molecular weight excluding hydrogens is 376 g/mol. The summed E-state index contributed by atoms with van der Waals surface area (Å²) < 4.78 is 27.6. The molecule has 0 atom stereocenters. The first-order chi connectivity index (χ1) is 14.1. The molecule has 0 aliphatic carbocycles. The number of para-hydroxylation sites is 1. The van der Waals surface area contributed by atoms with Gasteiger partial charge in [0, 0.05) is 30.7 Å². The van der Waals surface area contributed by atoms with Gasteiger partial charge in [0.05, 0.1) is 0 Å². The van der Waals surface area contributed by atoms with Crippen LogP contribution in [-0.2, 0) is 0 Å². The van der Waals surface area contributed by atoms with Crippen molar-refractivity contribution >= 4 is 28.9 Å². The highest BCUT2D eigenvalue weighted by atomic mass is 19.1. The molecule has 29 heavy (non-hydrogen) atoms. The van der Waals surface area contributed by atoms with Gasteiger partial charge in [-0.1, -0.05) is 6.07 Å². The Morgan fingerprint density at radius 2 is 1.66 bits per heavy atom. The quantitative estimate of drug-likeness (QED) is 0.672. The van der Waals surface area contributed by atoms with Crippen LogP contribution >= 0.6 is 0 Å². The van der Waals surface area contributed by atoms with Crippen LogP contribution in [-0.4, -0.2) is 29.0 Å². The molecule has 148 valence electrons. The zero-order chi connectivity index (χ0) is 20.2. The number of carbonyl (C=O) groups is 1. The Kier molecular flexibility index (Phi) is 5.33. The second kappa shape index (κ2) is 8.22. The highest BCUT2D eigenvalue weighted by molar-refractivity contribution is 6.03. The van der Waals surface area contributed by atoms with Crippen molar-refractivity contribution in [1.82, 2.24) is 9.97 Å². The topological polar surface area (TPSA) is 70.2 Å². The number of amides is 1. The minimum Gasteiger partial charge on any atom is -0.372 e. The number of hydrogen-bond donors (Lipinski definition) is 2. The lowest BCUT2D eigenvalue weighted by molar-refractivity contribution is 0.102. The van der Waals surface area contributed by atoms with Crippen LogP contribution in [0.5, 0.6) is 0 Å². The van der Waals surface area contributed by atoms with Crippen molar-refractivity contribution in [3.63, 3.8) is 0 Å². The van der Waals surface area contributed by atoms with Gasteiger partial charge >= 0.3 is 0 Å². The predicted octanol–water partition coefficient (Wildman–Crippen LogP) is 4.35. The third-order valence-electron chi connectivity index (χ3n) is 4.68. The lowest BCUT2D eigenvalue weighted by Crippen LogP contribution is -2.18. The van der Waals surface area contributed by atoms with Crippen molar-refractivity contribution in [2.75, 3.05) is 28.6 Å². The van der Waals surface area contributed by atoms with Crippen molar-refractivity contribution in [3.8, 4) is 0 Å². The lowest BCUT2D eigenvalue weighted by atomic mass is 10.2. The fourth-order valence-corrected chi connectivity index (χ4v) is 3.20. The molecule has 8 heteroatoms. The fourth-order valence-electron chi connectivity index (χ4n) is 3.20. The van der Waals surface area contributed by atoms with E-state index in [0.29, 0.717) is 5.69 Å². The molecule has 0 unspecified atom stereocenters. The minimum absolute atomic E-state index is 0.0721. The number of anilines is 4. The zero-order valence-electron chi connectivity index (χ0n) is 15.5. The normalized spacial score (nSPS) is 13.4. The molecule has 0 radical (unpaired) electrons. The molecule has 6 nitrogen and oxygen atoms in total. The number of aromatic nitrogens is 2. The number of benzene rings is 2. The third-order valence-corrected chi connectivity index (χ3v) is 4.68. The Hall–Kier alpha value is -3.55. The van der Waals surface area contributed by atoms with Gasteiger partial charge in [-0.2, -0.15) is 0 Å². The average molecular weight is 395 g/mol. The van der Waals surface area contributed by atoms with E-state index in [9.17, 15) is 13.6 Å². The lowest BCUT2D eigenvalue weighted by Gasteiger charge is -2.17. The van der Waals surface area contributed by atoms with E-state index in [0.717, 1.165) is 30.9 Å². The van der Waals surface area contributed by atoms with Gasteiger partial charge in [-0.05, 0) is 55.3 Å². The second-order valence-electron chi connectivity index (χ2n) is 6.68. The Labute approximate surface area is 166 Å². The summed E-state index contributed by atoms with van der Waals surface area (Å²) in [6.45, 7) is 2.09. The van der Waals surface area contributed by atoms with Crippen LogP contribution in [0.2, 0.25) is 0 Å². The van der Waals surface area contributed by atoms with Gasteiger partial charge in [-0.25, -0.2) is 18.7 Å². The first-order valence-corrected chi connectivity index (χ1v) is 9.30. The summed E-state index contributed by atoms with van der Waals surface area (Å²) in [6, 6.07) is 12.5. The first-order valence-electron chi connectivity index (χ1n) is 9.30. The van der Waals surface area contributed by atoms with Crippen LogP contribution in [0.1, 0.15) is 23.3 Å². The molecule has 1 aliphatic rings. The largest absolute Gasteiger partial charge is 0.372 e. The smallest absolute Gasteiger partial charge is 0.274 e. The van der Waals surface area contributed by atoms with E-state index < -0.39 is 17.5 Å². The molecular formula is C21H19F2N5O. The molecule has 1 amide bonds. The maximum Gasteiger partial charge on any atom is 0.274 e. The van der Waals surface area contributed by atoms with Gasteiger partial charge in [0.2, 0.25) is 5.95 Å². The Bertz CT molecular complexity index is 1000. The van der Waals surface area contributed by atoms with Crippen LogP contribution in [0.15, 0.2) is 54.7 Å². The van der Waals surface area contributed by atoms with Gasteiger partial charge < -0.3 is 15.5 Å². The van der Waals surface area contributed by atoms with Gasteiger partial charge in [-0.15, -0.1) is 0 Å². The minimum atomic E-state index is -0.776. The Morgan fingerprint density at radius 3 is 2.34 bits per heavy atom. The summed E-state index contributed by atoms with van der Waals surface area (Å²) in [7, 11) is 0. The molecule has 1 fully saturated rings. The summed E-state index contributed by atoms with van der Waals surface area (Å²) in [5, 5.41) is 5.25. The molecule has 2 N–H and O–H groups in total. The SMILES string of the molecule is O=C(Nc1ccc(N2CCCC2)cc1)c1ccnc(Nc2c(F)cccc2F)n1. The second-order valence-corrected chi connectivity index (χ2v) is 6.68. The highest BCUT2D eigenvalue weighted by Gasteiger charge is 2.14. The number of halogens is 2. The molecule has 0 spiro atoms. The number of nitrogens with one attached hydrogen (secondary N) is 2. The summed E-state index contributed by atoms with van der Waals surface area (Å²) in [5.41, 5.74) is 1.46. The van der Waals surface area contributed by atoms with Crippen LogP contribution in [0.3, 0.4) is 0 Å². The number of hydrogen-bond acceptors (Lipinski definition) is 5. The van der Waals surface area contributed by atoms with E-state index in [1.54, 1.807) is 0 Å². The average Bonchev–Trinajstić information content (AvgIpc) is 3.26. The van der Waals surface area contributed by atoms with Gasteiger partial charge in [0.1, 0.15) is 23.0 Å². The molecule has 4 rings (SSSR count). The molecule has 2 heterocycles. The van der Waals surface area contributed by atoms with Crippen molar-refractivity contribution in [1.29, 1.82) is 0 Å². The molecule has 3 aromatic rings. The van der Waals surface area contributed by atoms with Crippen LogP contribution in [0, 0.1) is 11.6 Å². The standard InChI is InChI=1S/C21H19F2N5O/c22-16-4-3-5-17(23)19(16)27-21-24-11-10-18(26-21)20(29)25-14-6-8-15(9-7-14)28-12-1-2-13-28/h3-11H,1-2,12-13H2,(H,25,29)(H,24,26,27). The molecule has 1 aliphatic heterocycles. The number of rotatable bonds is 5. The van der Waals surface area contributed by atoms with Crippen LogP contribution < -0.4 is 15.5 Å². The molecule has 0 bridgehead atoms. The van der Waals surface area contributed by atoms with E-state index in [1.165, 1.54) is 31.2 Å². The zero-order valence-corrected chi connectivity index (χ0v) is 15.5. The van der Waals surface area contributed by atoms with Gasteiger partial charge in [-0.3, -0.25) is 4.79 Å². The monoisotopic (exact) mass is 395 g/mol. The van der Waals surface area contributed by atoms with Crippen molar-refractivity contribution in [2.45, 2.75) is 12.8 Å². The van der Waals surface area contributed by atoms with E-state index >= 15 is 0 Å². The van der Waals surface area contributed by atoms with Crippen LogP contribution in [0.4, 0.5) is 31.8 Å². The molecule has 1 aromatic heterocycles. The summed E-state index contributed by atoms with van der Waals surface area (Å²) >= 11 is 0. The predicted molar refractivity (Wildman–Crippen MR) is 108 cm³/mol. The molecule has 0 saturated carbocycles. The van der Waals surface area contributed by atoms with Crippen LogP contribution in [0.25, 0.3) is 0 Å². The maximum atomic E-state index is 13.8. The van der Waals surface area contributed by atoms with E-state index in [-0.39, 0.29) is 17.3 Å². The maximum absolute atomic E-state index is 13.8. The Morgan fingerprint density at radius 1 is 0.966 bits per heavy atom. The molecule has 2 aromatic carbocycles. The van der Waals surface area contributed by atoms with Gasteiger partial charge in [0.25, 0.3) is 5.91 Å². The number of nitrogens with zero attached hydrogens (tertiary/aromatic N) is 3. The Balaban J connectivity index is 1.46. The summed E-state index contributed by atoms with van der Waals surface area (Å²) in [5.74, 6) is -2.08. The first kappa shape index (κ1) is 18.8. The van der Waals surface area contributed by atoms with E-state index in [4.69, 9.17) is 0 Å². The summed E-state index contributed by atoms with van der Waals surface area (Å²) in [4.78, 5) is 22.8. The summed E-state index contributed by atoms with van der Waals surface area (Å²) in [6.07, 6.45) is 3.73. The van der Waals surface area contributed by atoms with Crippen molar-refractivity contribution in [2.24, 2.45) is 0 Å². The fraction of sp³-hybridized carbons (Fsp3) is 0.190. The van der Waals surface area contributed by atoms with Crippen molar-refractivity contribution in [3.05, 3.63) is 72.1 Å². The highest BCUT2D eigenvalue weighted by Crippen LogP contribution is 2.23. The van der Waals surface area contributed by atoms with Crippen molar-refractivity contribution < 1.29 is 13.6 Å². The number of carbonyl (C=O) groups excluding carboxylic acids is 1. The third kappa shape index (κ3) is 4.31. The van der Waals surface area contributed by atoms with E-state index in [2.05, 4.69) is 25.5 Å². The van der Waals surface area contributed by atoms with E-state index in [1.807, 2.05) is 24.3 Å².